The van der Waals surface area contributed by atoms with E-state index in [-0.39, 0.29) is 11.4 Å². The maximum Gasteiger partial charge on any atom is 0.258 e. The highest BCUT2D eigenvalue weighted by Crippen LogP contribution is 2.11. The summed E-state index contributed by atoms with van der Waals surface area (Å²) in [5.41, 5.74) is -0.303. The molecule has 1 N–H and O–H groups in total. The lowest BCUT2D eigenvalue weighted by molar-refractivity contribution is 0.472. The fourth-order valence-corrected chi connectivity index (χ4v) is 1.31. The summed E-state index contributed by atoms with van der Waals surface area (Å²) in [6, 6.07) is 8.31. The Bertz CT molecular complexity index is 548. The molecule has 76 valence electrons. The SMILES string of the molecule is O=c1cc(O)ccn1-c1ccccc1F. The van der Waals surface area contributed by atoms with Crippen LogP contribution in [0.3, 0.4) is 0 Å². The van der Waals surface area contributed by atoms with E-state index in [0.29, 0.717) is 0 Å². The van der Waals surface area contributed by atoms with Crippen LogP contribution in [0.25, 0.3) is 5.69 Å². The van der Waals surface area contributed by atoms with E-state index in [0.717, 1.165) is 10.6 Å². The fraction of sp³-hybridized carbons (Fsp3) is 0. The van der Waals surface area contributed by atoms with Crippen molar-refractivity contribution in [2.75, 3.05) is 0 Å². The highest BCUT2D eigenvalue weighted by atomic mass is 19.1. The summed E-state index contributed by atoms with van der Waals surface area (Å²) < 4.78 is 14.5. The van der Waals surface area contributed by atoms with Crippen molar-refractivity contribution in [3.05, 3.63) is 58.8 Å². The fourth-order valence-electron chi connectivity index (χ4n) is 1.31. The first-order valence-corrected chi connectivity index (χ1v) is 4.35. The van der Waals surface area contributed by atoms with Gasteiger partial charge in [0.15, 0.2) is 0 Å². The normalized spacial score (nSPS) is 10.2. The molecule has 3 nitrogen and oxygen atoms in total. The average molecular weight is 205 g/mol. The van der Waals surface area contributed by atoms with Gasteiger partial charge in [-0.25, -0.2) is 4.39 Å². The molecule has 0 unspecified atom stereocenters. The molecule has 1 heterocycles. The number of aromatic nitrogens is 1. The van der Waals surface area contributed by atoms with Gasteiger partial charge in [0.05, 0.1) is 5.69 Å². The van der Waals surface area contributed by atoms with Gasteiger partial charge in [-0.3, -0.25) is 9.36 Å². The van der Waals surface area contributed by atoms with Crippen LogP contribution >= 0.6 is 0 Å². The van der Waals surface area contributed by atoms with Crippen LogP contribution in [0.1, 0.15) is 0 Å². The summed E-state index contributed by atoms with van der Waals surface area (Å²) in [5, 5.41) is 9.05. The summed E-state index contributed by atoms with van der Waals surface area (Å²) in [6.07, 6.45) is 1.33. The first kappa shape index (κ1) is 9.45. The number of aromatic hydroxyl groups is 1. The molecule has 4 heteroatoms. The van der Waals surface area contributed by atoms with Gasteiger partial charge in [-0.15, -0.1) is 0 Å². The summed E-state index contributed by atoms with van der Waals surface area (Å²) in [6.45, 7) is 0. The Morgan fingerprint density at radius 1 is 1.20 bits per heavy atom. The summed E-state index contributed by atoms with van der Waals surface area (Å²) in [7, 11) is 0. The molecule has 0 saturated carbocycles. The lowest BCUT2D eigenvalue weighted by atomic mass is 10.3. The number of para-hydroxylation sites is 1. The molecule has 1 aromatic heterocycles. The molecule has 0 saturated heterocycles. The first-order valence-electron chi connectivity index (χ1n) is 4.35. The monoisotopic (exact) mass is 205 g/mol. The lowest BCUT2D eigenvalue weighted by Gasteiger charge is -2.05. The van der Waals surface area contributed by atoms with Gasteiger partial charge in [0, 0.05) is 12.3 Å². The third-order valence-electron chi connectivity index (χ3n) is 2.02. The Kier molecular flexibility index (Phi) is 2.25. The Labute approximate surface area is 85.0 Å². The van der Waals surface area contributed by atoms with Crippen LogP contribution < -0.4 is 5.56 Å². The van der Waals surface area contributed by atoms with Crippen LogP contribution in [-0.2, 0) is 0 Å². The zero-order valence-corrected chi connectivity index (χ0v) is 7.72. The van der Waals surface area contributed by atoms with Crippen molar-refractivity contribution in [3.8, 4) is 11.4 Å². The van der Waals surface area contributed by atoms with Crippen LogP contribution in [0.4, 0.5) is 4.39 Å². The van der Waals surface area contributed by atoms with E-state index >= 15 is 0 Å². The number of nitrogens with zero attached hydrogens (tertiary/aromatic N) is 1. The van der Waals surface area contributed by atoms with Crippen molar-refractivity contribution in [2.45, 2.75) is 0 Å². The third kappa shape index (κ3) is 1.74. The quantitative estimate of drug-likeness (QED) is 0.769. The molecule has 0 atom stereocenters. The summed E-state index contributed by atoms with van der Waals surface area (Å²) in [5.74, 6) is -0.613. The topological polar surface area (TPSA) is 42.2 Å². The minimum absolute atomic E-state index is 0.132. The molecule has 0 fully saturated rings. The largest absolute Gasteiger partial charge is 0.508 e. The minimum Gasteiger partial charge on any atom is -0.508 e. The van der Waals surface area contributed by atoms with Crippen LogP contribution in [0.2, 0.25) is 0 Å². The second kappa shape index (κ2) is 3.57. The molecule has 0 amide bonds. The molecule has 0 spiro atoms. The van der Waals surface area contributed by atoms with Gasteiger partial charge in [-0.2, -0.15) is 0 Å². The predicted molar refractivity (Wildman–Crippen MR) is 53.7 cm³/mol. The van der Waals surface area contributed by atoms with Crippen molar-refractivity contribution in [1.29, 1.82) is 0 Å². The van der Waals surface area contributed by atoms with Gasteiger partial charge in [0.25, 0.3) is 5.56 Å². The number of hydrogen-bond acceptors (Lipinski definition) is 2. The van der Waals surface area contributed by atoms with E-state index in [9.17, 15) is 9.18 Å². The highest BCUT2D eigenvalue weighted by molar-refractivity contribution is 5.34. The van der Waals surface area contributed by atoms with Crippen molar-refractivity contribution >= 4 is 0 Å². The average Bonchev–Trinajstić information content (AvgIpc) is 2.20. The zero-order valence-electron chi connectivity index (χ0n) is 7.72. The van der Waals surface area contributed by atoms with Crippen LogP contribution in [-0.4, -0.2) is 9.67 Å². The molecule has 0 bridgehead atoms. The lowest BCUT2D eigenvalue weighted by Crippen LogP contribution is -2.16. The van der Waals surface area contributed by atoms with E-state index < -0.39 is 11.4 Å². The van der Waals surface area contributed by atoms with Crippen molar-refractivity contribution in [3.63, 3.8) is 0 Å². The number of hydrogen-bond donors (Lipinski definition) is 1. The molecule has 2 aromatic rings. The van der Waals surface area contributed by atoms with Crippen molar-refractivity contribution in [1.82, 2.24) is 4.57 Å². The standard InChI is InChI=1S/C11H8FNO2/c12-9-3-1-2-4-10(9)13-6-5-8(14)7-11(13)15/h1-7,14H. The van der Waals surface area contributed by atoms with Crippen molar-refractivity contribution in [2.24, 2.45) is 0 Å². The minimum atomic E-state index is -0.481. The molecule has 0 aliphatic heterocycles. The van der Waals surface area contributed by atoms with Crippen molar-refractivity contribution < 1.29 is 9.50 Å². The van der Waals surface area contributed by atoms with Gasteiger partial charge < -0.3 is 5.11 Å². The summed E-state index contributed by atoms with van der Waals surface area (Å²) in [4.78, 5) is 11.4. The van der Waals surface area contributed by atoms with E-state index in [4.69, 9.17) is 5.11 Å². The maximum absolute atomic E-state index is 13.3. The van der Waals surface area contributed by atoms with Gasteiger partial charge in [0.1, 0.15) is 11.6 Å². The Balaban J connectivity index is 2.65. The van der Waals surface area contributed by atoms with E-state index in [1.807, 2.05) is 0 Å². The second-order valence-electron chi connectivity index (χ2n) is 3.04. The van der Waals surface area contributed by atoms with Crippen LogP contribution in [0.15, 0.2) is 47.4 Å². The predicted octanol–water partition coefficient (Wildman–Crippen LogP) is 1.68. The van der Waals surface area contributed by atoms with E-state index in [1.165, 1.54) is 24.4 Å². The molecular weight excluding hydrogens is 197 g/mol. The van der Waals surface area contributed by atoms with Crippen LogP contribution in [0, 0.1) is 5.82 Å². The molecule has 0 aliphatic rings. The van der Waals surface area contributed by atoms with Gasteiger partial charge in [-0.1, -0.05) is 12.1 Å². The molecule has 15 heavy (non-hydrogen) atoms. The zero-order chi connectivity index (χ0) is 10.8. The van der Waals surface area contributed by atoms with E-state index in [2.05, 4.69) is 0 Å². The first-order chi connectivity index (χ1) is 7.18. The Hall–Kier alpha value is -2.10. The van der Waals surface area contributed by atoms with Gasteiger partial charge in [-0.05, 0) is 18.2 Å². The summed E-state index contributed by atoms with van der Waals surface area (Å²) >= 11 is 0. The Morgan fingerprint density at radius 3 is 2.60 bits per heavy atom. The smallest absolute Gasteiger partial charge is 0.258 e. The Morgan fingerprint density at radius 2 is 1.93 bits per heavy atom. The number of pyridine rings is 1. The maximum atomic E-state index is 13.3. The molecule has 2 rings (SSSR count). The number of benzene rings is 1. The number of rotatable bonds is 1. The van der Waals surface area contributed by atoms with E-state index in [1.54, 1.807) is 12.1 Å². The highest BCUT2D eigenvalue weighted by Gasteiger charge is 2.04. The van der Waals surface area contributed by atoms with Crippen LogP contribution in [0.5, 0.6) is 5.75 Å². The third-order valence-corrected chi connectivity index (χ3v) is 2.02. The number of halogens is 1. The van der Waals surface area contributed by atoms with Gasteiger partial charge >= 0.3 is 0 Å². The second-order valence-corrected chi connectivity index (χ2v) is 3.04. The molecule has 1 aromatic carbocycles. The molecule has 0 radical (unpaired) electrons. The molecule has 0 aliphatic carbocycles. The van der Waals surface area contributed by atoms with Gasteiger partial charge in [0.2, 0.25) is 0 Å². The molecular formula is C11H8FNO2.